The van der Waals surface area contributed by atoms with Gasteiger partial charge in [0.2, 0.25) is 0 Å². The first-order chi connectivity index (χ1) is 5.59. The third-order valence-electron chi connectivity index (χ3n) is 1.40. The largest absolute Gasteiger partial charge is 0.481 e. The molecule has 1 aromatic heterocycles. The lowest BCUT2D eigenvalue weighted by molar-refractivity contribution is -0.137. The van der Waals surface area contributed by atoms with Crippen LogP contribution in [0.4, 0.5) is 0 Å². The number of nitrogens with zero attached hydrogens (tertiary/aromatic N) is 1. The summed E-state index contributed by atoms with van der Waals surface area (Å²) in [4.78, 5) is 15.1. The predicted octanol–water partition coefficient (Wildman–Crippen LogP) is 0.926. The van der Waals surface area contributed by atoms with Gasteiger partial charge in [-0.1, -0.05) is 0 Å². The van der Waals surface area contributed by atoms with Gasteiger partial charge in [0, 0.05) is 11.1 Å². The van der Waals surface area contributed by atoms with E-state index in [1.165, 1.54) is 11.3 Å². The molecule has 12 heavy (non-hydrogen) atoms. The Hall–Kier alpha value is -0.940. The molecule has 0 aromatic carbocycles. The minimum atomic E-state index is -0.881. The van der Waals surface area contributed by atoms with Gasteiger partial charge in [0.15, 0.2) is 0 Å². The Kier molecular flexibility index (Phi) is 2.78. The summed E-state index contributed by atoms with van der Waals surface area (Å²) in [5.41, 5.74) is 5.60. The van der Waals surface area contributed by atoms with Crippen LogP contribution >= 0.6 is 11.3 Å². The third-order valence-corrected chi connectivity index (χ3v) is 2.44. The Morgan fingerprint density at radius 2 is 2.58 bits per heavy atom. The first-order valence-corrected chi connectivity index (χ1v) is 4.31. The Morgan fingerprint density at radius 1 is 1.92 bits per heavy atom. The smallest absolute Gasteiger partial charge is 0.305 e. The number of nitrogens with two attached hydrogens (primary N) is 1. The Balaban J connectivity index is 2.64. The quantitative estimate of drug-likeness (QED) is 0.736. The monoisotopic (exact) mass is 186 g/mol. The van der Waals surface area contributed by atoms with Gasteiger partial charge >= 0.3 is 5.97 Å². The molecule has 66 valence electrons. The van der Waals surface area contributed by atoms with Crippen molar-refractivity contribution in [2.75, 3.05) is 0 Å². The molecule has 0 amide bonds. The Bertz CT molecular complexity index is 285. The zero-order valence-electron chi connectivity index (χ0n) is 6.65. The molecule has 0 fully saturated rings. The number of aromatic nitrogens is 1. The number of aryl methyl sites for hydroxylation is 1. The van der Waals surface area contributed by atoms with E-state index >= 15 is 0 Å². The zero-order chi connectivity index (χ0) is 9.14. The lowest BCUT2D eigenvalue weighted by Crippen LogP contribution is -2.13. The number of thiazole rings is 1. The standard InChI is InChI=1S/C7H10N2O2S/c1-4-9-3-6(12-4)5(8)2-7(10)11/h3,5H,2,8H2,1H3,(H,10,11)/t5-/m1/s1. The van der Waals surface area contributed by atoms with Crippen LogP contribution in [-0.2, 0) is 4.79 Å². The van der Waals surface area contributed by atoms with E-state index in [0.29, 0.717) is 0 Å². The highest BCUT2D eigenvalue weighted by molar-refractivity contribution is 7.11. The molecule has 3 N–H and O–H groups in total. The van der Waals surface area contributed by atoms with Gasteiger partial charge < -0.3 is 10.8 Å². The van der Waals surface area contributed by atoms with Crippen LogP contribution in [0, 0.1) is 6.92 Å². The molecule has 1 atom stereocenters. The van der Waals surface area contributed by atoms with Gasteiger partial charge in [0.05, 0.1) is 17.5 Å². The van der Waals surface area contributed by atoms with Crippen LogP contribution in [0.15, 0.2) is 6.20 Å². The summed E-state index contributed by atoms with van der Waals surface area (Å²) in [6.45, 7) is 1.86. The van der Waals surface area contributed by atoms with Gasteiger partial charge in [-0.15, -0.1) is 11.3 Å². The normalized spacial score (nSPS) is 12.8. The minimum absolute atomic E-state index is 0.0400. The van der Waals surface area contributed by atoms with Crippen LogP contribution in [-0.4, -0.2) is 16.1 Å². The molecule has 0 bridgehead atoms. The van der Waals surface area contributed by atoms with E-state index in [9.17, 15) is 4.79 Å². The van der Waals surface area contributed by atoms with Crippen molar-refractivity contribution in [3.63, 3.8) is 0 Å². The van der Waals surface area contributed by atoms with Crippen LogP contribution in [0.25, 0.3) is 0 Å². The lowest BCUT2D eigenvalue weighted by Gasteiger charge is -2.03. The summed E-state index contributed by atoms with van der Waals surface area (Å²) < 4.78 is 0. The summed E-state index contributed by atoms with van der Waals surface area (Å²) in [6, 6.07) is -0.423. The summed E-state index contributed by atoms with van der Waals surface area (Å²) >= 11 is 1.44. The molecule has 5 heteroatoms. The summed E-state index contributed by atoms with van der Waals surface area (Å²) in [5, 5.41) is 9.36. The van der Waals surface area contributed by atoms with Crippen LogP contribution < -0.4 is 5.73 Å². The van der Waals surface area contributed by atoms with Crippen LogP contribution in [0.5, 0.6) is 0 Å². The van der Waals surface area contributed by atoms with Gasteiger partial charge in [-0.05, 0) is 6.92 Å². The second kappa shape index (κ2) is 3.64. The van der Waals surface area contributed by atoms with Crippen LogP contribution in [0.2, 0.25) is 0 Å². The first kappa shape index (κ1) is 9.15. The molecule has 1 heterocycles. The van der Waals surface area contributed by atoms with E-state index in [2.05, 4.69) is 4.98 Å². The molecule has 0 spiro atoms. The fraction of sp³-hybridized carbons (Fsp3) is 0.429. The van der Waals surface area contributed by atoms with E-state index in [1.54, 1.807) is 6.20 Å². The second-order valence-electron chi connectivity index (χ2n) is 2.49. The Labute approximate surface area is 74.0 Å². The SMILES string of the molecule is Cc1ncc([C@H](N)CC(=O)O)s1. The van der Waals surface area contributed by atoms with Gasteiger partial charge in [-0.3, -0.25) is 4.79 Å². The van der Waals surface area contributed by atoms with Crippen molar-refractivity contribution in [3.8, 4) is 0 Å². The molecule has 1 rings (SSSR count). The van der Waals surface area contributed by atoms with E-state index < -0.39 is 12.0 Å². The van der Waals surface area contributed by atoms with E-state index in [1.807, 2.05) is 6.92 Å². The number of aliphatic carboxylic acids is 1. The summed E-state index contributed by atoms with van der Waals surface area (Å²) in [6.07, 6.45) is 1.59. The van der Waals surface area contributed by atoms with Crippen molar-refractivity contribution in [2.24, 2.45) is 5.73 Å². The number of hydrogen-bond acceptors (Lipinski definition) is 4. The fourth-order valence-electron chi connectivity index (χ4n) is 0.838. The lowest BCUT2D eigenvalue weighted by atomic mass is 10.2. The summed E-state index contributed by atoms with van der Waals surface area (Å²) in [7, 11) is 0. The number of rotatable bonds is 3. The van der Waals surface area contributed by atoms with Gasteiger partial charge in [-0.2, -0.15) is 0 Å². The topological polar surface area (TPSA) is 76.2 Å². The van der Waals surface area contributed by atoms with Crippen molar-refractivity contribution in [2.45, 2.75) is 19.4 Å². The average Bonchev–Trinajstić information content (AvgIpc) is 2.34. The van der Waals surface area contributed by atoms with Crippen molar-refractivity contribution >= 4 is 17.3 Å². The van der Waals surface area contributed by atoms with Crippen molar-refractivity contribution in [1.82, 2.24) is 4.98 Å². The van der Waals surface area contributed by atoms with Gasteiger partial charge in [-0.25, -0.2) is 4.98 Å². The maximum absolute atomic E-state index is 10.3. The van der Waals surface area contributed by atoms with Crippen molar-refractivity contribution in [1.29, 1.82) is 0 Å². The second-order valence-corrected chi connectivity index (χ2v) is 3.75. The number of carboxylic acids is 1. The number of carboxylic acid groups (broad SMARTS) is 1. The highest BCUT2D eigenvalue weighted by Gasteiger charge is 2.12. The van der Waals surface area contributed by atoms with Crippen molar-refractivity contribution in [3.05, 3.63) is 16.1 Å². The third kappa shape index (κ3) is 2.28. The molecule has 0 aliphatic rings. The molecular formula is C7H10N2O2S. The molecular weight excluding hydrogens is 176 g/mol. The summed E-state index contributed by atoms with van der Waals surface area (Å²) in [5.74, 6) is -0.881. The molecule has 0 aliphatic heterocycles. The highest BCUT2D eigenvalue weighted by atomic mass is 32.1. The van der Waals surface area contributed by atoms with Crippen LogP contribution in [0.3, 0.4) is 0 Å². The molecule has 0 aliphatic carbocycles. The molecule has 4 nitrogen and oxygen atoms in total. The molecule has 1 aromatic rings. The Morgan fingerprint density at radius 3 is 3.00 bits per heavy atom. The van der Waals surface area contributed by atoms with E-state index in [-0.39, 0.29) is 6.42 Å². The average molecular weight is 186 g/mol. The van der Waals surface area contributed by atoms with Crippen molar-refractivity contribution < 1.29 is 9.90 Å². The van der Waals surface area contributed by atoms with Gasteiger partial charge in [0.1, 0.15) is 0 Å². The predicted molar refractivity (Wildman–Crippen MR) is 46.0 cm³/mol. The highest BCUT2D eigenvalue weighted by Crippen LogP contribution is 2.20. The maximum Gasteiger partial charge on any atom is 0.305 e. The molecule has 0 saturated heterocycles. The number of hydrogen-bond donors (Lipinski definition) is 2. The fourth-order valence-corrected chi connectivity index (χ4v) is 1.62. The first-order valence-electron chi connectivity index (χ1n) is 3.49. The minimum Gasteiger partial charge on any atom is -0.481 e. The molecule has 0 radical (unpaired) electrons. The molecule has 0 unspecified atom stereocenters. The zero-order valence-corrected chi connectivity index (χ0v) is 7.47. The number of carbonyl (C=O) groups is 1. The van der Waals surface area contributed by atoms with Gasteiger partial charge in [0.25, 0.3) is 0 Å². The maximum atomic E-state index is 10.3. The van der Waals surface area contributed by atoms with Crippen LogP contribution in [0.1, 0.15) is 22.3 Å². The molecule has 0 saturated carbocycles. The van der Waals surface area contributed by atoms with E-state index in [0.717, 1.165) is 9.88 Å². The van der Waals surface area contributed by atoms with E-state index in [4.69, 9.17) is 10.8 Å².